The second-order valence-electron chi connectivity index (χ2n) is 14.2. The van der Waals surface area contributed by atoms with E-state index in [1.165, 1.54) is 0 Å². The molecule has 0 aliphatic heterocycles. The van der Waals surface area contributed by atoms with Crippen molar-refractivity contribution in [2.24, 2.45) is 38.5 Å². The number of hydrogen-bond donors (Lipinski definition) is 0. The Balaban J connectivity index is 2.48. The van der Waals surface area contributed by atoms with Crippen LogP contribution in [0, 0.1) is 44.8 Å². The molecule has 0 amide bonds. The third-order valence-corrected chi connectivity index (χ3v) is 10.5. The van der Waals surface area contributed by atoms with Gasteiger partial charge in [-0.2, -0.15) is 10.3 Å². The van der Waals surface area contributed by atoms with Gasteiger partial charge in [0.15, 0.2) is 11.6 Å². The number of fused-ring (bicyclic) bond motifs is 1. The van der Waals surface area contributed by atoms with Crippen molar-refractivity contribution in [2.45, 2.75) is 126 Å². The van der Waals surface area contributed by atoms with Gasteiger partial charge in [0.25, 0.3) is 0 Å². The van der Waals surface area contributed by atoms with E-state index in [9.17, 15) is 19.6 Å². The van der Waals surface area contributed by atoms with Crippen molar-refractivity contribution in [3.63, 3.8) is 0 Å². The summed E-state index contributed by atoms with van der Waals surface area (Å²) in [6, 6.07) is 2.13. The normalized spacial score (nSPS) is 30.5. The minimum atomic E-state index is -0.553. The molecule has 0 heterocycles. The fraction of sp³-hybridized carbons (Fsp3) is 0.758. The summed E-state index contributed by atoms with van der Waals surface area (Å²) in [4.78, 5) is 41.2. The molecule has 0 N–H and O–H groups in total. The molecule has 0 aromatic carbocycles. The molecule has 38 heavy (non-hydrogen) atoms. The predicted molar refractivity (Wildman–Crippen MR) is 153 cm³/mol. The highest BCUT2D eigenvalue weighted by Gasteiger charge is 2.58. The van der Waals surface area contributed by atoms with E-state index in [1.807, 2.05) is 19.1 Å². The zero-order chi connectivity index (χ0) is 29.2. The van der Waals surface area contributed by atoms with E-state index in [-0.39, 0.29) is 45.2 Å². The molecular weight excluding hydrogens is 472 g/mol. The summed E-state index contributed by atoms with van der Waals surface area (Å²) in [5.41, 5.74) is -0.194. The second kappa shape index (κ2) is 11.4. The molecule has 0 bridgehead atoms. The summed E-state index contributed by atoms with van der Waals surface area (Å²) in [5.74, 6) is -0.325. The van der Waals surface area contributed by atoms with Crippen LogP contribution in [-0.2, 0) is 14.4 Å². The molecule has 0 radical (unpaired) electrons. The second-order valence-corrected chi connectivity index (χ2v) is 14.2. The number of hydrogen-bond acceptors (Lipinski definition) is 5. The number of nitriles is 1. The molecule has 2 aliphatic rings. The van der Waals surface area contributed by atoms with Gasteiger partial charge in [-0.1, -0.05) is 73.5 Å². The molecule has 5 nitrogen and oxygen atoms in total. The van der Waals surface area contributed by atoms with E-state index in [4.69, 9.17) is 0 Å². The molecule has 0 aromatic heterocycles. The Bertz CT molecular complexity index is 1080. The van der Waals surface area contributed by atoms with Gasteiger partial charge in [0.2, 0.25) is 6.08 Å². The van der Waals surface area contributed by atoms with Gasteiger partial charge in [0.05, 0.1) is 11.1 Å². The number of rotatable bonds is 11. The van der Waals surface area contributed by atoms with Crippen molar-refractivity contribution in [3.05, 3.63) is 23.3 Å². The van der Waals surface area contributed by atoms with Crippen molar-refractivity contribution in [2.75, 3.05) is 0 Å². The molecule has 5 atom stereocenters. The minimum absolute atomic E-state index is 0.0195. The molecular formula is C33H50N2O3. The first-order valence-corrected chi connectivity index (χ1v) is 14.4. The van der Waals surface area contributed by atoms with E-state index in [0.29, 0.717) is 0 Å². The monoisotopic (exact) mass is 522 g/mol. The number of isocyanates is 1. The Morgan fingerprint density at radius 2 is 1.74 bits per heavy atom. The maximum Gasteiger partial charge on any atom is 0.235 e. The van der Waals surface area contributed by atoms with Crippen LogP contribution < -0.4 is 0 Å². The molecule has 2 rings (SSSR count). The summed E-state index contributed by atoms with van der Waals surface area (Å²) in [7, 11) is 0. The lowest BCUT2D eigenvalue weighted by Crippen LogP contribution is -2.52. The van der Waals surface area contributed by atoms with Crippen molar-refractivity contribution in [1.82, 2.24) is 0 Å². The summed E-state index contributed by atoms with van der Waals surface area (Å²) >= 11 is 0. The first-order valence-electron chi connectivity index (χ1n) is 14.4. The van der Waals surface area contributed by atoms with Crippen molar-refractivity contribution >= 4 is 17.6 Å². The highest BCUT2D eigenvalue weighted by Crippen LogP contribution is 2.65. The largest absolute Gasteiger partial charge is 0.295 e. The zero-order valence-corrected chi connectivity index (χ0v) is 25.6. The van der Waals surface area contributed by atoms with Crippen LogP contribution in [-0.4, -0.2) is 23.2 Å². The SMILES string of the molecule is CCCC(C)(C)CC[C@@](C)(CCC(C)(C)[C@]1(C)CC[C@H]2[C@H](C)C(=O)C(C#N)=C[C@]2(C)/C1=C/C(C)=O)N=C=O. The van der Waals surface area contributed by atoms with Gasteiger partial charge in [0.1, 0.15) is 6.07 Å². The number of ketones is 2. The van der Waals surface area contributed by atoms with Gasteiger partial charge in [-0.3, -0.25) is 9.59 Å². The summed E-state index contributed by atoms with van der Waals surface area (Å²) in [6.45, 7) is 21.2. The Morgan fingerprint density at radius 3 is 2.26 bits per heavy atom. The van der Waals surface area contributed by atoms with Crippen LogP contribution in [0.3, 0.4) is 0 Å². The van der Waals surface area contributed by atoms with E-state index in [2.05, 4.69) is 66.5 Å². The van der Waals surface area contributed by atoms with Gasteiger partial charge in [-0.15, -0.1) is 0 Å². The average molecular weight is 523 g/mol. The fourth-order valence-electron chi connectivity index (χ4n) is 7.35. The molecule has 210 valence electrons. The third-order valence-electron chi connectivity index (χ3n) is 10.5. The molecule has 1 fully saturated rings. The summed E-state index contributed by atoms with van der Waals surface area (Å²) in [5, 5.41) is 9.74. The van der Waals surface area contributed by atoms with Crippen molar-refractivity contribution in [3.8, 4) is 6.07 Å². The first-order chi connectivity index (χ1) is 17.4. The van der Waals surface area contributed by atoms with Crippen LogP contribution in [0.4, 0.5) is 0 Å². The van der Waals surface area contributed by atoms with Crippen LogP contribution in [0.1, 0.15) is 121 Å². The fourth-order valence-corrected chi connectivity index (χ4v) is 7.35. The van der Waals surface area contributed by atoms with Crippen molar-refractivity contribution < 1.29 is 14.4 Å². The standard InChI is InChI=1S/C33H50N2O3/c1-11-13-29(4,5)15-17-31(8,35-22-36)18-16-30(6,7)33(10)14-12-26-24(3)28(38)25(21-34)20-32(26,9)27(33)19-23(2)37/h19-20,24,26H,11-18H2,1-10H3/b27-19-/t24-,26-,31-,32-,33+/m0/s1. The predicted octanol–water partition coefficient (Wildman–Crippen LogP) is 8.10. The molecule has 0 saturated heterocycles. The number of aliphatic imine (C=N–C) groups is 1. The lowest BCUT2D eigenvalue weighted by molar-refractivity contribution is -0.123. The van der Waals surface area contributed by atoms with Gasteiger partial charge in [-0.05, 0) is 87.0 Å². The summed E-state index contributed by atoms with van der Waals surface area (Å²) < 4.78 is 0. The number of carbonyl (C=O) groups excluding carboxylic acids is 3. The highest BCUT2D eigenvalue weighted by atomic mass is 16.1. The van der Waals surface area contributed by atoms with E-state index >= 15 is 0 Å². The van der Waals surface area contributed by atoms with Crippen LogP contribution in [0.2, 0.25) is 0 Å². The Kier molecular flexibility index (Phi) is 9.60. The number of Topliss-reactive ketones (excluding diaryl/α,β-unsaturated/α-hetero) is 1. The Labute approximate surface area is 231 Å². The van der Waals surface area contributed by atoms with Gasteiger partial charge in [0, 0.05) is 11.3 Å². The maximum atomic E-state index is 12.9. The maximum absolute atomic E-state index is 12.9. The third kappa shape index (κ3) is 6.28. The number of nitrogens with zero attached hydrogens (tertiary/aromatic N) is 2. The van der Waals surface area contributed by atoms with Gasteiger partial charge < -0.3 is 0 Å². The van der Waals surface area contributed by atoms with E-state index in [0.717, 1.165) is 56.9 Å². The zero-order valence-electron chi connectivity index (χ0n) is 25.6. The Hall–Kier alpha value is -2.31. The lowest BCUT2D eigenvalue weighted by atomic mass is 9.44. The van der Waals surface area contributed by atoms with E-state index < -0.39 is 11.0 Å². The van der Waals surface area contributed by atoms with Crippen LogP contribution in [0.15, 0.2) is 28.3 Å². The molecule has 0 unspecified atom stereocenters. The average Bonchev–Trinajstić information content (AvgIpc) is 2.81. The first kappa shape index (κ1) is 31.9. The molecule has 0 aromatic rings. The summed E-state index contributed by atoms with van der Waals surface area (Å²) in [6.07, 6.45) is 12.8. The Morgan fingerprint density at radius 1 is 1.13 bits per heavy atom. The van der Waals surface area contributed by atoms with E-state index in [1.54, 1.807) is 13.0 Å². The minimum Gasteiger partial charge on any atom is -0.295 e. The quantitative estimate of drug-likeness (QED) is 0.156. The molecule has 2 aliphatic carbocycles. The molecule has 0 spiro atoms. The number of carbonyl (C=O) groups is 2. The highest BCUT2D eigenvalue weighted by molar-refractivity contribution is 6.02. The topological polar surface area (TPSA) is 87.4 Å². The van der Waals surface area contributed by atoms with Crippen molar-refractivity contribution in [1.29, 1.82) is 5.26 Å². The molecule has 5 heteroatoms. The smallest absolute Gasteiger partial charge is 0.235 e. The number of allylic oxidation sites excluding steroid dienone is 4. The molecule has 1 saturated carbocycles. The van der Waals surface area contributed by atoms with Gasteiger partial charge >= 0.3 is 0 Å². The van der Waals surface area contributed by atoms with Gasteiger partial charge in [-0.25, -0.2) is 4.79 Å². The van der Waals surface area contributed by atoms with Crippen LogP contribution >= 0.6 is 0 Å². The lowest BCUT2D eigenvalue weighted by Gasteiger charge is -2.59. The van der Waals surface area contributed by atoms with Crippen LogP contribution in [0.5, 0.6) is 0 Å². The van der Waals surface area contributed by atoms with Crippen LogP contribution in [0.25, 0.3) is 0 Å².